The van der Waals surface area contributed by atoms with Crippen LogP contribution in [0.5, 0.6) is 5.75 Å². The van der Waals surface area contributed by atoms with Crippen LogP contribution in [0, 0.1) is 5.82 Å². The lowest BCUT2D eigenvalue weighted by molar-refractivity contribution is 0.102. The van der Waals surface area contributed by atoms with Crippen LogP contribution >= 0.6 is 23.2 Å². The van der Waals surface area contributed by atoms with Crippen molar-refractivity contribution < 1.29 is 14.3 Å². The monoisotopic (exact) mass is 314 g/mol. The molecule has 104 valence electrons. The summed E-state index contributed by atoms with van der Waals surface area (Å²) in [7, 11) is 0. The summed E-state index contributed by atoms with van der Waals surface area (Å²) in [6.45, 7) is 0. The van der Waals surface area contributed by atoms with E-state index in [4.69, 9.17) is 28.9 Å². The highest BCUT2D eigenvalue weighted by atomic mass is 35.5. The van der Waals surface area contributed by atoms with Gasteiger partial charge in [0.15, 0.2) is 5.82 Å². The molecule has 0 unspecified atom stereocenters. The van der Waals surface area contributed by atoms with E-state index < -0.39 is 11.7 Å². The first-order valence-corrected chi connectivity index (χ1v) is 6.18. The van der Waals surface area contributed by atoms with Gasteiger partial charge in [0.2, 0.25) is 0 Å². The number of benzene rings is 2. The quantitative estimate of drug-likeness (QED) is 0.449. The van der Waals surface area contributed by atoms with Crippen molar-refractivity contribution in [1.29, 1.82) is 0 Å². The highest BCUT2D eigenvalue weighted by Gasteiger charge is 2.12. The first kappa shape index (κ1) is 14.4. The lowest BCUT2D eigenvalue weighted by atomic mass is 10.1. The van der Waals surface area contributed by atoms with Gasteiger partial charge in [0.25, 0.3) is 5.91 Å². The van der Waals surface area contributed by atoms with Crippen LogP contribution in [-0.4, -0.2) is 11.0 Å². The Bertz CT molecular complexity index is 669. The number of carbonyl (C=O) groups excluding carboxylic acids is 1. The maximum Gasteiger partial charge on any atom is 0.255 e. The molecule has 4 nitrogen and oxygen atoms in total. The summed E-state index contributed by atoms with van der Waals surface area (Å²) in [5.41, 5.74) is 6.03. The van der Waals surface area contributed by atoms with Crippen molar-refractivity contribution in [2.75, 3.05) is 11.1 Å². The number of halogens is 3. The second-order valence-electron chi connectivity index (χ2n) is 3.98. The van der Waals surface area contributed by atoms with Crippen LogP contribution in [-0.2, 0) is 0 Å². The molecule has 0 aromatic heterocycles. The smallest absolute Gasteiger partial charge is 0.255 e. The predicted molar refractivity (Wildman–Crippen MR) is 76.9 cm³/mol. The van der Waals surface area contributed by atoms with Crippen LogP contribution in [0.25, 0.3) is 0 Å². The summed E-state index contributed by atoms with van der Waals surface area (Å²) in [5.74, 6) is -1.47. The molecular weight excluding hydrogens is 306 g/mol. The Hall–Kier alpha value is -1.98. The molecule has 7 heteroatoms. The van der Waals surface area contributed by atoms with E-state index in [1.54, 1.807) is 0 Å². The molecule has 20 heavy (non-hydrogen) atoms. The number of aromatic hydroxyl groups is 1. The van der Waals surface area contributed by atoms with Gasteiger partial charge in [-0.1, -0.05) is 23.2 Å². The second-order valence-corrected chi connectivity index (χ2v) is 4.80. The Kier molecular flexibility index (Phi) is 4.01. The van der Waals surface area contributed by atoms with Gasteiger partial charge in [0.1, 0.15) is 5.75 Å². The molecular formula is C13H9Cl2FN2O2. The molecule has 0 fully saturated rings. The van der Waals surface area contributed by atoms with Crippen molar-refractivity contribution in [1.82, 2.24) is 0 Å². The van der Waals surface area contributed by atoms with Gasteiger partial charge < -0.3 is 16.2 Å². The topological polar surface area (TPSA) is 75.4 Å². The fourth-order valence-corrected chi connectivity index (χ4v) is 2.00. The maximum absolute atomic E-state index is 13.2. The Morgan fingerprint density at radius 3 is 2.35 bits per heavy atom. The highest BCUT2D eigenvalue weighted by Crippen LogP contribution is 2.28. The molecule has 2 rings (SSSR count). The summed E-state index contributed by atoms with van der Waals surface area (Å²) in [5, 5.41) is 11.5. The van der Waals surface area contributed by atoms with Crippen molar-refractivity contribution >= 4 is 40.5 Å². The van der Waals surface area contributed by atoms with Crippen LogP contribution < -0.4 is 11.1 Å². The lowest BCUT2D eigenvalue weighted by Crippen LogP contribution is -2.12. The van der Waals surface area contributed by atoms with Gasteiger partial charge in [0, 0.05) is 11.3 Å². The van der Waals surface area contributed by atoms with E-state index in [0.29, 0.717) is 0 Å². The van der Waals surface area contributed by atoms with Crippen molar-refractivity contribution in [3.8, 4) is 5.75 Å². The molecule has 0 heterocycles. The third-order valence-electron chi connectivity index (χ3n) is 2.53. The summed E-state index contributed by atoms with van der Waals surface area (Å²) in [6, 6.07) is 6.53. The van der Waals surface area contributed by atoms with Gasteiger partial charge in [-0.05, 0) is 30.3 Å². The van der Waals surface area contributed by atoms with Gasteiger partial charge in [-0.15, -0.1) is 0 Å². The number of nitrogens with two attached hydrogens (primary N) is 1. The third-order valence-corrected chi connectivity index (χ3v) is 3.08. The molecule has 0 spiro atoms. The summed E-state index contributed by atoms with van der Waals surface area (Å²) in [4.78, 5) is 11.9. The van der Waals surface area contributed by atoms with Crippen LogP contribution in [0.3, 0.4) is 0 Å². The minimum absolute atomic E-state index is 0.162. The Morgan fingerprint density at radius 2 is 1.80 bits per heavy atom. The van der Waals surface area contributed by atoms with Crippen LogP contribution in [0.2, 0.25) is 10.0 Å². The number of nitrogens with one attached hydrogen (secondary N) is 1. The van der Waals surface area contributed by atoms with E-state index in [-0.39, 0.29) is 32.7 Å². The zero-order valence-electron chi connectivity index (χ0n) is 9.95. The normalized spacial score (nSPS) is 10.3. The molecule has 4 N–H and O–H groups in total. The van der Waals surface area contributed by atoms with E-state index in [1.807, 2.05) is 0 Å². The van der Waals surface area contributed by atoms with Gasteiger partial charge in [-0.3, -0.25) is 4.79 Å². The first-order valence-electron chi connectivity index (χ1n) is 5.43. The standard InChI is InChI=1S/C13H9Cl2FN2O2/c14-8-4-7(5-9(15)12(8)16)18-13(20)6-1-2-10(17)11(19)3-6/h1-5,19H,17H2,(H,18,20). The number of hydrogen-bond donors (Lipinski definition) is 3. The van der Waals surface area contributed by atoms with E-state index in [0.717, 1.165) is 0 Å². The van der Waals surface area contributed by atoms with Crippen LogP contribution in [0.15, 0.2) is 30.3 Å². The number of phenols is 1. The van der Waals surface area contributed by atoms with Crippen LogP contribution in [0.1, 0.15) is 10.4 Å². The molecule has 0 aliphatic heterocycles. The number of phenolic OH excluding ortho intramolecular Hbond substituents is 1. The molecule has 0 atom stereocenters. The average molecular weight is 315 g/mol. The third kappa shape index (κ3) is 2.95. The number of rotatable bonds is 2. The zero-order chi connectivity index (χ0) is 14.9. The average Bonchev–Trinajstić information content (AvgIpc) is 2.39. The predicted octanol–water partition coefficient (Wildman–Crippen LogP) is 3.67. The number of nitrogen functional groups attached to an aromatic ring is 1. The number of amides is 1. The molecule has 0 radical (unpaired) electrons. The maximum atomic E-state index is 13.2. The SMILES string of the molecule is Nc1ccc(C(=O)Nc2cc(Cl)c(F)c(Cl)c2)cc1O. The Balaban J connectivity index is 2.25. The second kappa shape index (κ2) is 5.56. The van der Waals surface area contributed by atoms with Crippen molar-refractivity contribution in [3.63, 3.8) is 0 Å². The van der Waals surface area contributed by atoms with Crippen molar-refractivity contribution in [3.05, 3.63) is 51.8 Å². The number of carbonyl (C=O) groups is 1. The molecule has 0 aliphatic rings. The molecule has 0 saturated heterocycles. The molecule has 0 aliphatic carbocycles. The van der Waals surface area contributed by atoms with Gasteiger partial charge in [-0.2, -0.15) is 0 Å². The van der Waals surface area contributed by atoms with E-state index in [1.165, 1.54) is 30.3 Å². The van der Waals surface area contributed by atoms with Gasteiger partial charge in [-0.25, -0.2) is 4.39 Å². The fraction of sp³-hybridized carbons (Fsp3) is 0. The molecule has 2 aromatic rings. The largest absolute Gasteiger partial charge is 0.506 e. The van der Waals surface area contributed by atoms with Crippen LogP contribution in [0.4, 0.5) is 15.8 Å². The highest BCUT2D eigenvalue weighted by molar-refractivity contribution is 6.35. The van der Waals surface area contributed by atoms with E-state index in [9.17, 15) is 14.3 Å². The van der Waals surface area contributed by atoms with E-state index in [2.05, 4.69) is 5.32 Å². The first-order chi connectivity index (χ1) is 9.38. The van der Waals surface area contributed by atoms with E-state index >= 15 is 0 Å². The number of anilines is 2. The minimum Gasteiger partial charge on any atom is -0.506 e. The molecule has 1 amide bonds. The zero-order valence-corrected chi connectivity index (χ0v) is 11.5. The lowest BCUT2D eigenvalue weighted by Gasteiger charge is -2.08. The summed E-state index contributed by atoms with van der Waals surface area (Å²) in [6.07, 6.45) is 0. The minimum atomic E-state index is -0.753. The van der Waals surface area contributed by atoms with Crippen molar-refractivity contribution in [2.45, 2.75) is 0 Å². The fourth-order valence-electron chi connectivity index (χ4n) is 1.52. The summed E-state index contributed by atoms with van der Waals surface area (Å²) < 4.78 is 13.2. The number of hydrogen-bond acceptors (Lipinski definition) is 3. The molecule has 0 saturated carbocycles. The molecule has 2 aromatic carbocycles. The van der Waals surface area contributed by atoms with Gasteiger partial charge >= 0.3 is 0 Å². The Labute approximate surface area is 123 Å². The van der Waals surface area contributed by atoms with Crippen molar-refractivity contribution in [2.24, 2.45) is 0 Å². The Morgan fingerprint density at radius 1 is 1.20 bits per heavy atom. The molecule has 0 bridgehead atoms. The summed E-state index contributed by atoms with van der Waals surface area (Å²) >= 11 is 11.3. The van der Waals surface area contributed by atoms with Gasteiger partial charge in [0.05, 0.1) is 15.7 Å².